The summed E-state index contributed by atoms with van der Waals surface area (Å²) < 4.78 is 13.2. The number of rotatable bonds is 5. The van der Waals surface area contributed by atoms with Gasteiger partial charge in [0.05, 0.1) is 24.4 Å². The summed E-state index contributed by atoms with van der Waals surface area (Å²) in [4.78, 5) is 12.9. The van der Waals surface area contributed by atoms with E-state index < -0.39 is 5.54 Å². The molecule has 0 fully saturated rings. The van der Waals surface area contributed by atoms with Crippen molar-refractivity contribution in [3.05, 3.63) is 35.0 Å². The molecule has 1 spiro atoms. The van der Waals surface area contributed by atoms with Crippen molar-refractivity contribution in [1.29, 1.82) is 0 Å². The molecular formula is C20H26N4O3. The van der Waals surface area contributed by atoms with E-state index in [1.54, 1.807) is 4.68 Å². The first-order valence-electron chi connectivity index (χ1n) is 9.65. The second kappa shape index (κ2) is 6.79. The highest BCUT2D eigenvalue weighted by molar-refractivity contribution is 6.01. The van der Waals surface area contributed by atoms with E-state index in [1.807, 2.05) is 25.1 Å². The summed E-state index contributed by atoms with van der Waals surface area (Å²) in [5.41, 5.74) is 7.97. The smallest absolute Gasteiger partial charge is 0.257 e. The minimum atomic E-state index is -0.515. The molecule has 2 aliphatic rings. The standard InChI is InChI=1S/C20H26N4O3/c1-3-5-9-24-18(21)17-15(23-24)12-20(22-19(17)25)8-10-27-16-11-13(26-4-2)6-7-14(16)20/h6-7,11H,3-5,8-10,12,21H2,1-2H3,(H,22,25)/t20-/m1/s1. The number of carbonyl (C=O) groups excluding carboxylic acids is 1. The number of amides is 1. The summed E-state index contributed by atoms with van der Waals surface area (Å²) in [6.45, 7) is 5.93. The molecule has 0 bridgehead atoms. The predicted octanol–water partition coefficient (Wildman–Crippen LogP) is 2.63. The molecule has 4 rings (SSSR count). The predicted molar refractivity (Wildman–Crippen MR) is 102 cm³/mol. The average molecular weight is 370 g/mol. The molecule has 1 aromatic carbocycles. The normalized spacial score (nSPS) is 20.6. The van der Waals surface area contributed by atoms with Gasteiger partial charge in [-0.05, 0) is 25.5 Å². The van der Waals surface area contributed by atoms with E-state index in [-0.39, 0.29) is 5.91 Å². The topological polar surface area (TPSA) is 91.4 Å². The lowest BCUT2D eigenvalue weighted by molar-refractivity contribution is 0.0830. The van der Waals surface area contributed by atoms with Crippen LogP contribution in [0.5, 0.6) is 11.5 Å². The molecule has 1 atom stereocenters. The molecule has 0 saturated carbocycles. The Labute approximate surface area is 158 Å². The summed E-state index contributed by atoms with van der Waals surface area (Å²) in [5.74, 6) is 1.83. The zero-order chi connectivity index (χ0) is 19.0. The summed E-state index contributed by atoms with van der Waals surface area (Å²) in [6, 6.07) is 5.81. The van der Waals surface area contributed by atoms with Gasteiger partial charge in [-0.1, -0.05) is 13.3 Å². The van der Waals surface area contributed by atoms with E-state index in [4.69, 9.17) is 15.2 Å². The van der Waals surface area contributed by atoms with Gasteiger partial charge in [0.2, 0.25) is 0 Å². The molecule has 7 nitrogen and oxygen atoms in total. The van der Waals surface area contributed by atoms with Gasteiger partial charge in [0.15, 0.2) is 0 Å². The van der Waals surface area contributed by atoms with Crippen LogP contribution in [0.25, 0.3) is 0 Å². The van der Waals surface area contributed by atoms with Gasteiger partial charge in [0.1, 0.15) is 22.9 Å². The number of fused-ring (bicyclic) bond motifs is 3. The Balaban J connectivity index is 1.72. The van der Waals surface area contributed by atoms with Crippen molar-refractivity contribution >= 4 is 11.7 Å². The first-order valence-corrected chi connectivity index (χ1v) is 9.65. The average Bonchev–Trinajstić information content (AvgIpc) is 2.96. The molecule has 2 aliphatic heterocycles. The number of ether oxygens (including phenoxy) is 2. The summed E-state index contributed by atoms with van der Waals surface area (Å²) in [5, 5.41) is 7.89. The molecule has 0 saturated heterocycles. The van der Waals surface area contributed by atoms with Gasteiger partial charge in [-0.25, -0.2) is 4.68 Å². The molecule has 7 heteroatoms. The van der Waals surface area contributed by atoms with Gasteiger partial charge in [0, 0.05) is 31.0 Å². The fraction of sp³-hybridized carbons (Fsp3) is 0.500. The van der Waals surface area contributed by atoms with Gasteiger partial charge in [-0.2, -0.15) is 5.10 Å². The van der Waals surface area contributed by atoms with Gasteiger partial charge < -0.3 is 20.5 Å². The maximum absolute atomic E-state index is 12.9. The Morgan fingerprint density at radius 2 is 2.26 bits per heavy atom. The molecule has 3 N–H and O–H groups in total. The highest BCUT2D eigenvalue weighted by Gasteiger charge is 2.45. The lowest BCUT2D eigenvalue weighted by Crippen LogP contribution is -2.53. The minimum absolute atomic E-state index is 0.154. The van der Waals surface area contributed by atoms with Crippen LogP contribution in [0.1, 0.15) is 54.7 Å². The molecule has 2 aromatic rings. The molecule has 27 heavy (non-hydrogen) atoms. The summed E-state index contributed by atoms with van der Waals surface area (Å²) >= 11 is 0. The number of aromatic nitrogens is 2. The van der Waals surface area contributed by atoms with E-state index in [0.717, 1.165) is 42.1 Å². The van der Waals surface area contributed by atoms with Crippen LogP contribution < -0.4 is 20.5 Å². The first-order chi connectivity index (χ1) is 13.1. The number of nitrogen functional groups attached to an aromatic ring is 1. The second-order valence-corrected chi connectivity index (χ2v) is 7.19. The van der Waals surface area contributed by atoms with Crippen LogP contribution in [-0.2, 0) is 18.5 Å². The fourth-order valence-electron chi connectivity index (χ4n) is 4.04. The molecular weight excluding hydrogens is 344 g/mol. The SMILES string of the molecule is CCCCn1nc2c(c1N)C(=O)N[C@]1(CCOc3cc(OCC)ccc31)C2. The number of anilines is 1. The third-order valence-corrected chi connectivity index (χ3v) is 5.40. The number of benzene rings is 1. The van der Waals surface area contributed by atoms with E-state index in [2.05, 4.69) is 17.3 Å². The highest BCUT2D eigenvalue weighted by atomic mass is 16.5. The van der Waals surface area contributed by atoms with E-state index in [1.165, 1.54) is 0 Å². The van der Waals surface area contributed by atoms with Crippen LogP contribution in [0.4, 0.5) is 5.82 Å². The van der Waals surface area contributed by atoms with Crippen molar-refractivity contribution in [2.75, 3.05) is 18.9 Å². The van der Waals surface area contributed by atoms with Crippen LogP contribution in [0.15, 0.2) is 18.2 Å². The molecule has 1 aromatic heterocycles. The number of nitrogens with zero attached hydrogens (tertiary/aromatic N) is 2. The summed E-state index contributed by atoms with van der Waals surface area (Å²) in [6.07, 6.45) is 3.34. The van der Waals surface area contributed by atoms with Gasteiger partial charge in [-0.15, -0.1) is 0 Å². The van der Waals surface area contributed by atoms with E-state index in [9.17, 15) is 4.79 Å². The number of hydrogen-bond acceptors (Lipinski definition) is 5. The summed E-state index contributed by atoms with van der Waals surface area (Å²) in [7, 11) is 0. The number of nitrogens with one attached hydrogen (secondary N) is 1. The Kier molecular flexibility index (Phi) is 4.45. The number of carbonyl (C=O) groups is 1. The quantitative estimate of drug-likeness (QED) is 0.844. The number of unbranched alkanes of at least 4 members (excludes halogenated alkanes) is 1. The minimum Gasteiger partial charge on any atom is -0.494 e. The maximum Gasteiger partial charge on any atom is 0.257 e. The monoisotopic (exact) mass is 370 g/mol. The number of aryl methyl sites for hydroxylation is 1. The van der Waals surface area contributed by atoms with Crippen LogP contribution in [0.3, 0.4) is 0 Å². The van der Waals surface area contributed by atoms with Crippen LogP contribution in [0.2, 0.25) is 0 Å². The van der Waals surface area contributed by atoms with Crippen molar-refractivity contribution in [2.45, 2.75) is 51.6 Å². The number of hydrogen-bond donors (Lipinski definition) is 2. The molecule has 3 heterocycles. The van der Waals surface area contributed by atoms with Gasteiger partial charge >= 0.3 is 0 Å². The Morgan fingerprint density at radius 3 is 3.04 bits per heavy atom. The van der Waals surface area contributed by atoms with Crippen LogP contribution in [0, 0.1) is 0 Å². The lowest BCUT2D eigenvalue weighted by Gasteiger charge is -2.41. The largest absolute Gasteiger partial charge is 0.494 e. The molecule has 0 unspecified atom stereocenters. The Bertz CT molecular complexity index is 876. The molecule has 1 amide bonds. The molecule has 0 radical (unpaired) electrons. The van der Waals surface area contributed by atoms with Crippen LogP contribution >= 0.6 is 0 Å². The van der Waals surface area contributed by atoms with Crippen LogP contribution in [-0.4, -0.2) is 28.9 Å². The second-order valence-electron chi connectivity index (χ2n) is 7.19. The Hall–Kier alpha value is -2.70. The van der Waals surface area contributed by atoms with E-state index >= 15 is 0 Å². The fourth-order valence-corrected chi connectivity index (χ4v) is 4.04. The van der Waals surface area contributed by atoms with E-state index in [0.29, 0.717) is 37.4 Å². The highest BCUT2D eigenvalue weighted by Crippen LogP contribution is 2.43. The van der Waals surface area contributed by atoms with Crippen molar-refractivity contribution in [1.82, 2.24) is 15.1 Å². The number of nitrogens with two attached hydrogens (primary N) is 1. The first kappa shape index (κ1) is 17.7. The van der Waals surface area contributed by atoms with Crippen molar-refractivity contribution < 1.29 is 14.3 Å². The Morgan fingerprint density at radius 1 is 1.41 bits per heavy atom. The van der Waals surface area contributed by atoms with Gasteiger partial charge in [0.25, 0.3) is 5.91 Å². The molecule has 144 valence electrons. The van der Waals surface area contributed by atoms with Crippen molar-refractivity contribution in [2.24, 2.45) is 0 Å². The third kappa shape index (κ3) is 2.91. The molecule has 0 aliphatic carbocycles. The van der Waals surface area contributed by atoms with Crippen molar-refractivity contribution in [3.63, 3.8) is 0 Å². The van der Waals surface area contributed by atoms with Gasteiger partial charge in [-0.3, -0.25) is 4.79 Å². The maximum atomic E-state index is 12.9. The zero-order valence-electron chi connectivity index (χ0n) is 15.9. The third-order valence-electron chi connectivity index (χ3n) is 5.40. The zero-order valence-corrected chi connectivity index (χ0v) is 15.9. The van der Waals surface area contributed by atoms with Crippen molar-refractivity contribution in [3.8, 4) is 11.5 Å². The lowest BCUT2D eigenvalue weighted by atomic mass is 9.77.